The molecule has 188 valence electrons. The molecule has 0 aromatic heterocycles. The Morgan fingerprint density at radius 3 is 2.29 bits per heavy atom. The van der Waals surface area contributed by atoms with Crippen molar-refractivity contribution in [3.8, 4) is 0 Å². The second-order valence-corrected chi connectivity index (χ2v) is 10.0. The Labute approximate surface area is 194 Å². The van der Waals surface area contributed by atoms with Gasteiger partial charge in [-0.1, -0.05) is 25.1 Å². The summed E-state index contributed by atoms with van der Waals surface area (Å²) in [6.45, 7) is 4.51. The summed E-state index contributed by atoms with van der Waals surface area (Å²) in [6.07, 6.45) is -9.12. The van der Waals surface area contributed by atoms with Gasteiger partial charge in [-0.15, -0.1) is 0 Å². The highest BCUT2D eigenvalue weighted by Gasteiger charge is 2.49. The van der Waals surface area contributed by atoms with Crippen LogP contribution in [0.4, 0.5) is 30.7 Å². The lowest BCUT2D eigenvalue weighted by Gasteiger charge is -2.44. The first-order chi connectivity index (χ1) is 15.8. The van der Waals surface area contributed by atoms with Gasteiger partial charge in [0.1, 0.15) is 5.82 Å². The molecular formula is C25H28F7NO. The Bertz CT molecular complexity index is 949. The minimum absolute atomic E-state index is 0.132. The van der Waals surface area contributed by atoms with Crippen molar-refractivity contribution in [3.05, 3.63) is 58.9 Å². The lowest BCUT2D eigenvalue weighted by Crippen LogP contribution is -2.43. The van der Waals surface area contributed by atoms with Gasteiger partial charge in [0, 0.05) is 16.9 Å². The molecule has 1 aromatic rings. The van der Waals surface area contributed by atoms with Gasteiger partial charge in [0.25, 0.3) is 0 Å². The van der Waals surface area contributed by atoms with Gasteiger partial charge >= 0.3 is 12.4 Å². The van der Waals surface area contributed by atoms with Gasteiger partial charge in [0.15, 0.2) is 0 Å². The molecule has 0 bridgehead atoms. The smallest absolute Gasteiger partial charge is 0.374 e. The molecule has 1 heterocycles. The first-order valence-corrected chi connectivity index (χ1v) is 11.5. The quantitative estimate of drug-likeness (QED) is 0.474. The minimum atomic E-state index is -4.90. The molecule has 6 atom stereocenters. The predicted molar refractivity (Wildman–Crippen MR) is 114 cm³/mol. The molecule has 0 amide bonds. The van der Waals surface area contributed by atoms with E-state index in [2.05, 4.69) is 5.32 Å². The normalized spacial score (nSPS) is 33.2. The highest BCUT2D eigenvalue weighted by Crippen LogP contribution is 2.49. The summed E-state index contributed by atoms with van der Waals surface area (Å²) in [4.78, 5) is 0. The van der Waals surface area contributed by atoms with Gasteiger partial charge in [0.2, 0.25) is 0 Å². The lowest BCUT2D eigenvalue weighted by atomic mass is 9.68. The maximum atomic E-state index is 13.5. The van der Waals surface area contributed by atoms with Crippen molar-refractivity contribution in [2.75, 3.05) is 13.1 Å². The van der Waals surface area contributed by atoms with Gasteiger partial charge in [-0.25, -0.2) is 4.39 Å². The Morgan fingerprint density at radius 1 is 1.00 bits per heavy atom. The van der Waals surface area contributed by atoms with Crippen LogP contribution in [0.5, 0.6) is 0 Å². The van der Waals surface area contributed by atoms with E-state index in [0.717, 1.165) is 31.1 Å². The van der Waals surface area contributed by atoms with Crippen molar-refractivity contribution < 1.29 is 35.5 Å². The number of nitrogens with one attached hydrogen (secondary N) is 1. The predicted octanol–water partition coefficient (Wildman–Crippen LogP) is 6.70. The fourth-order valence-corrected chi connectivity index (χ4v) is 5.74. The molecule has 9 heteroatoms. The van der Waals surface area contributed by atoms with Crippen LogP contribution in [0.15, 0.2) is 47.6 Å². The Kier molecular flexibility index (Phi) is 6.66. The summed E-state index contributed by atoms with van der Waals surface area (Å²) in [7, 11) is 0. The van der Waals surface area contributed by atoms with E-state index in [0.29, 0.717) is 12.3 Å². The topological polar surface area (TPSA) is 21.3 Å². The number of alkyl halides is 6. The van der Waals surface area contributed by atoms with Crippen molar-refractivity contribution in [2.24, 2.45) is 17.3 Å². The van der Waals surface area contributed by atoms with Crippen LogP contribution < -0.4 is 5.32 Å². The van der Waals surface area contributed by atoms with Gasteiger partial charge in [0.05, 0.1) is 17.8 Å². The van der Waals surface area contributed by atoms with Crippen molar-refractivity contribution in [3.63, 3.8) is 0 Å². The number of hydrogen-bond donors (Lipinski definition) is 1. The van der Waals surface area contributed by atoms with E-state index in [1.54, 1.807) is 19.1 Å². The molecule has 1 saturated heterocycles. The van der Waals surface area contributed by atoms with Gasteiger partial charge in [-0.05, 0) is 74.9 Å². The van der Waals surface area contributed by atoms with Crippen LogP contribution in [0.1, 0.15) is 44.6 Å². The monoisotopic (exact) mass is 491 g/mol. The number of allylic oxidation sites excluding steroid dienone is 3. The number of fused-ring (bicyclic) bond motifs is 1. The first kappa shape index (κ1) is 25.2. The summed E-state index contributed by atoms with van der Waals surface area (Å²) >= 11 is 0. The number of hydrogen-bond acceptors (Lipinski definition) is 2. The van der Waals surface area contributed by atoms with E-state index < -0.39 is 47.5 Å². The summed E-state index contributed by atoms with van der Waals surface area (Å²) in [6, 6.07) is 6.11. The van der Waals surface area contributed by atoms with Crippen molar-refractivity contribution in [2.45, 2.75) is 63.6 Å². The first-order valence-electron chi connectivity index (χ1n) is 11.5. The molecule has 1 aromatic carbocycles. The van der Waals surface area contributed by atoms with E-state index in [1.807, 2.05) is 0 Å². The molecule has 2 fully saturated rings. The van der Waals surface area contributed by atoms with E-state index in [-0.39, 0.29) is 23.7 Å². The van der Waals surface area contributed by atoms with E-state index in [9.17, 15) is 30.7 Å². The molecule has 2 aliphatic carbocycles. The third-order valence-corrected chi connectivity index (χ3v) is 7.72. The van der Waals surface area contributed by atoms with Crippen LogP contribution in [-0.4, -0.2) is 37.7 Å². The summed E-state index contributed by atoms with van der Waals surface area (Å²) < 4.78 is 101. The van der Waals surface area contributed by atoms with Gasteiger partial charge in [-0.2, -0.15) is 26.3 Å². The summed E-state index contributed by atoms with van der Waals surface area (Å²) in [5, 5.41) is 3.37. The molecule has 3 aliphatic rings. The van der Waals surface area contributed by atoms with E-state index in [4.69, 9.17) is 4.74 Å². The van der Waals surface area contributed by atoms with Crippen LogP contribution >= 0.6 is 0 Å². The third-order valence-electron chi connectivity index (χ3n) is 7.72. The van der Waals surface area contributed by atoms with Crippen LogP contribution in [0, 0.1) is 23.1 Å². The third kappa shape index (κ3) is 5.05. The Morgan fingerprint density at radius 2 is 1.68 bits per heavy atom. The molecule has 4 rings (SSSR count). The zero-order chi connectivity index (χ0) is 24.9. The fourth-order valence-electron chi connectivity index (χ4n) is 5.74. The number of benzene rings is 1. The molecular weight excluding hydrogens is 463 g/mol. The second kappa shape index (κ2) is 8.97. The molecule has 1 saturated carbocycles. The van der Waals surface area contributed by atoms with E-state index >= 15 is 0 Å². The van der Waals surface area contributed by atoms with Crippen LogP contribution in [-0.2, 0) is 4.74 Å². The van der Waals surface area contributed by atoms with E-state index in [1.165, 1.54) is 19.1 Å². The Hall–Kier alpha value is -1.87. The molecule has 34 heavy (non-hydrogen) atoms. The van der Waals surface area contributed by atoms with Crippen molar-refractivity contribution >= 4 is 0 Å². The average molecular weight is 491 g/mol. The van der Waals surface area contributed by atoms with Crippen LogP contribution in [0.3, 0.4) is 0 Å². The summed E-state index contributed by atoms with van der Waals surface area (Å²) in [5.74, 6) is 0.0830. The number of halogens is 7. The fraction of sp³-hybridized carbons (Fsp3) is 0.600. The molecule has 1 unspecified atom stereocenters. The van der Waals surface area contributed by atoms with Crippen LogP contribution in [0.25, 0.3) is 0 Å². The maximum Gasteiger partial charge on any atom is 0.416 e. The van der Waals surface area contributed by atoms with Crippen molar-refractivity contribution in [1.82, 2.24) is 5.32 Å². The van der Waals surface area contributed by atoms with Gasteiger partial charge < -0.3 is 10.1 Å². The standard InChI is InChI=1S/C25H28F7NO/c1-14(23(2)10-17(24(27,28)29)9-18(11-23)25(30,31)32)34-21-8-5-16-12-33-13-20(16)22(21)15-3-6-19(26)7-4-15/h3-4,6-7,9-10,14,16,20-22,33H,5,8,11-13H2,1-2H3/t14-,16-,20-,21+,22+,23?/m1/s1. The van der Waals surface area contributed by atoms with Crippen molar-refractivity contribution in [1.29, 1.82) is 0 Å². The Balaban J connectivity index is 1.63. The molecule has 0 radical (unpaired) electrons. The zero-order valence-electron chi connectivity index (χ0n) is 18.9. The second-order valence-electron chi connectivity index (χ2n) is 10.0. The maximum absolute atomic E-state index is 13.5. The molecule has 2 nitrogen and oxygen atoms in total. The summed E-state index contributed by atoms with van der Waals surface area (Å²) in [5.41, 5.74) is -3.14. The largest absolute Gasteiger partial charge is 0.416 e. The highest BCUT2D eigenvalue weighted by molar-refractivity contribution is 5.37. The lowest BCUT2D eigenvalue weighted by molar-refractivity contribution is -0.116. The van der Waals surface area contributed by atoms with Crippen LogP contribution in [0.2, 0.25) is 0 Å². The SMILES string of the molecule is C[C@@H](O[C@H]1CC[C@@H]2CNC[C@H]2[C@@H]1c1ccc(F)cc1)C1(C)C=C(C(F)(F)F)C=C(C(F)(F)F)C1. The number of ether oxygens (including phenoxy) is 1. The van der Waals surface area contributed by atoms with Gasteiger partial charge in [-0.3, -0.25) is 0 Å². The molecule has 1 N–H and O–H groups in total. The highest BCUT2D eigenvalue weighted by atomic mass is 19.4. The molecule has 1 aliphatic heterocycles. The minimum Gasteiger partial charge on any atom is -0.374 e. The zero-order valence-corrected chi connectivity index (χ0v) is 18.9. The number of rotatable bonds is 4. The average Bonchev–Trinajstić information content (AvgIpc) is 3.21. The molecule has 0 spiro atoms.